The molecule has 0 fully saturated rings. The lowest BCUT2D eigenvalue weighted by atomic mass is 9.93. The van der Waals surface area contributed by atoms with Crippen molar-refractivity contribution >= 4 is 21.6 Å². The highest BCUT2D eigenvalue weighted by Crippen LogP contribution is 2.32. The Labute approximate surface area is 221 Å². The molecule has 1 N–H and O–H groups in total. The first-order valence-electron chi connectivity index (χ1n) is 12.6. The van der Waals surface area contributed by atoms with Crippen LogP contribution in [0.2, 0.25) is 0 Å². The van der Waals surface area contributed by atoms with E-state index in [9.17, 15) is 13.2 Å². The van der Waals surface area contributed by atoms with Crippen molar-refractivity contribution in [3.63, 3.8) is 0 Å². The lowest BCUT2D eigenvalue weighted by molar-refractivity contribution is -0.120. The molecule has 3 aromatic carbocycles. The van der Waals surface area contributed by atoms with Gasteiger partial charge in [-0.2, -0.15) is 0 Å². The average molecular weight is 523 g/mol. The van der Waals surface area contributed by atoms with Gasteiger partial charge in [-0.25, -0.2) is 8.42 Å². The maximum absolute atomic E-state index is 13.6. The highest BCUT2D eigenvalue weighted by atomic mass is 32.2. The molecule has 3 rings (SSSR count). The molecule has 0 aliphatic heterocycles. The molecule has 0 aromatic heterocycles. The molecule has 0 aliphatic carbocycles. The number of benzene rings is 3. The lowest BCUT2D eigenvalue weighted by Crippen LogP contribution is -2.41. The molecule has 1 unspecified atom stereocenters. The second kappa shape index (κ2) is 11.8. The van der Waals surface area contributed by atoms with Gasteiger partial charge in [0.1, 0.15) is 12.3 Å². The number of ether oxygens (including phenoxy) is 1. The molecule has 6 nitrogen and oxygen atoms in total. The number of carbonyl (C=O) groups excluding carboxylic acids is 1. The third-order valence-electron chi connectivity index (χ3n) is 6.55. The minimum absolute atomic E-state index is 0.136. The molecule has 0 saturated heterocycles. The number of hydrogen-bond donors (Lipinski definition) is 1. The van der Waals surface area contributed by atoms with Crippen molar-refractivity contribution in [1.29, 1.82) is 0 Å². The summed E-state index contributed by atoms with van der Waals surface area (Å²) < 4.78 is 34.0. The fourth-order valence-electron chi connectivity index (χ4n) is 4.37. The molecular weight excluding hydrogens is 484 g/mol. The fraction of sp³-hybridized carbons (Fsp3) is 0.367. The van der Waals surface area contributed by atoms with E-state index in [4.69, 9.17) is 4.74 Å². The monoisotopic (exact) mass is 522 g/mol. The number of rotatable bonds is 10. The van der Waals surface area contributed by atoms with Crippen LogP contribution in [0.3, 0.4) is 0 Å². The van der Waals surface area contributed by atoms with Crippen LogP contribution in [-0.4, -0.2) is 28.0 Å². The maximum atomic E-state index is 13.6. The second-order valence-corrected chi connectivity index (χ2v) is 11.8. The summed E-state index contributed by atoms with van der Waals surface area (Å²) in [6.07, 6.45) is 0. The number of aryl methyl sites for hydroxylation is 1. The molecule has 1 amide bonds. The Bertz CT molecular complexity index is 1320. The topological polar surface area (TPSA) is 75.7 Å². The van der Waals surface area contributed by atoms with Crippen LogP contribution in [0.15, 0.2) is 71.6 Å². The molecule has 1 atom stereocenters. The molecular formula is C30H38N2O4S. The van der Waals surface area contributed by atoms with Crippen LogP contribution in [-0.2, 0) is 14.8 Å². The van der Waals surface area contributed by atoms with Crippen LogP contribution in [0.4, 0.5) is 5.69 Å². The lowest BCUT2D eigenvalue weighted by Gasteiger charge is -2.26. The fourth-order valence-corrected chi connectivity index (χ4v) is 5.81. The van der Waals surface area contributed by atoms with Gasteiger partial charge in [0.25, 0.3) is 10.0 Å². The summed E-state index contributed by atoms with van der Waals surface area (Å²) in [6, 6.07) is 19.2. The van der Waals surface area contributed by atoms with Crippen molar-refractivity contribution in [3.05, 3.63) is 89.0 Å². The summed E-state index contributed by atoms with van der Waals surface area (Å²) >= 11 is 0. The van der Waals surface area contributed by atoms with Crippen molar-refractivity contribution in [1.82, 2.24) is 5.32 Å². The number of amides is 1. The Morgan fingerprint density at radius 3 is 2.05 bits per heavy atom. The Hall–Kier alpha value is -3.32. The predicted molar refractivity (Wildman–Crippen MR) is 150 cm³/mol. The van der Waals surface area contributed by atoms with Crippen LogP contribution in [0.5, 0.6) is 5.75 Å². The smallest absolute Gasteiger partial charge is 0.264 e. The summed E-state index contributed by atoms with van der Waals surface area (Å²) in [5.74, 6) is 0.986. The summed E-state index contributed by atoms with van der Waals surface area (Å²) in [5, 5.41) is 3.01. The zero-order chi connectivity index (χ0) is 27.3. The van der Waals surface area contributed by atoms with Gasteiger partial charge < -0.3 is 10.1 Å². The van der Waals surface area contributed by atoms with Crippen molar-refractivity contribution in [2.45, 2.75) is 64.3 Å². The molecule has 3 aromatic rings. The maximum Gasteiger partial charge on any atom is 0.264 e. The largest absolute Gasteiger partial charge is 0.496 e. The third-order valence-corrected chi connectivity index (χ3v) is 8.34. The number of carbonyl (C=O) groups is 1. The van der Waals surface area contributed by atoms with Crippen LogP contribution >= 0.6 is 0 Å². The zero-order valence-electron chi connectivity index (χ0n) is 22.8. The normalized spacial score (nSPS) is 12.5. The highest BCUT2D eigenvalue weighted by Gasteiger charge is 2.28. The molecule has 37 heavy (non-hydrogen) atoms. The first kappa shape index (κ1) is 28.3. The van der Waals surface area contributed by atoms with E-state index in [-0.39, 0.29) is 29.3 Å². The summed E-state index contributed by atoms with van der Waals surface area (Å²) in [7, 11) is -2.31. The Balaban J connectivity index is 1.92. The zero-order valence-corrected chi connectivity index (χ0v) is 23.6. The number of anilines is 1. The van der Waals surface area contributed by atoms with Crippen molar-refractivity contribution in [2.24, 2.45) is 0 Å². The van der Waals surface area contributed by atoms with Gasteiger partial charge in [-0.15, -0.1) is 0 Å². The molecule has 0 bridgehead atoms. The van der Waals surface area contributed by atoms with E-state index in [1.54, 1.807) is 49.6 Å². The molecule has 0 heterocycles. The van der Waals surface area contributed by atoms with Gasteiger partial charge in [-0.1, -0.05) is 58.0 Å². The van der Waals surface area contributed by atoms with Crippen LogP contribution < -0.4 is 14.4 Å². The van der Waals surface area contributed by atoms with E-state index < -0.39 is 10.0 Å². The number of sulfonamides is 1. The Kier molecular flexibility index (Phi) is 9.02. The van der Waals surface area contributed by atoms with Gasteiger partial charge >= 0.3 is 0 Å². The van der Waals surface area contributed by atoms with Crippen LogP contribution in [0.25, 0.3) is 0 Å². The van der Waals surface area contributed by atoms with Crippen molar-refractivity contribution in [3.8, 4) is 5.75 Å². The first-order valence-corrected chi connectivity index (χ1v) is 14.0. The van der Waals surface area contributed by atoms with Gasteiger partial charge in [0.05, 0.1) is 23.7 Å². The Morgan fingerprint density at radius 2 is 1.51 bits per heavy atom. The first-order chi connectivity index (χ1) is 17.4. The number of nitrogens with one attached hydrogen (secondary N) is 1. The SMILES string of the molecule is COc1cc(C)c(C(C)NC(=O)CN(c2ccc(C(C)C)cc2)S(=O)(=O)c2ccccc2)cc1C(C)C. The van der Waals surface area contributed by atoms with Gasteiger partial charge in [0, 0.05) is 0 Å². The van der Waals surface area contributed by atoms with Gasteiger partial charge in [-0.05, 0) is 84.3 Å². The third kappa shape index (κ3) is 6.52. The van der Waals surface area contributed by atoms with E-state index >= 15 is 0 Å². The Morgan fingerprint density at radius 1 is 0.892 bits per heavy atom. The van der Waals surface area contributed by atoms with E-state index in [2.05, 4.69) is 39.1 Å². The summed E-state index contributed by atoms with van der Waals surface area (Å²) in [4.78, 5) is 13.4. The quantitative estimate of drug-likeness (QED) is 0.338. The molecule has 7 heteroatoms. The van der Waals surface area contributed by atoms with Crippen molar-refractivity contribution in [2.75, 3.05) is 18.0 Å². The molecule has 0 aliphatic rings. The van der Waals surface area contributed by atoms with Gasteiger partial charge in [-0.3, -0.25) is 9.10 Å². The second-order valence-electron chi connectivity index (χ2n) is 9.97. The number of nitrogens with zero attached hydrogens (tertiary/aromatic N) is 1. The predicted octanol–water partition coefficient (Wildman–Crippen LogP) is 6.32. The van der Waals surface area contributed by atoms with Crippen LogP contribution in [0.1, 0.15) is 74.8 Å². The number of hydrogen-bond acceptors (Lipinski definition) is 4. The minimum atomic E-state index is -3.96. The molecule has 0 spiro atoms. The standard InChI is InChI=1S/C30H38N2O4S/c1-20(2)24-13-15-25(16-14-24)32(37(34,35)26-11-9-8-10-12-26)19-30(33)31-23(6)28-18-27(21(3)4)29(36-7)17-22(28)5/h8-18,20-21,23H,19H2,1-7H3,(H,31,33). The van der Waals surface area contributed by atoms with E-state index in [1.807, 2.05) is 32.0 Å². The number of methoxy groups -OCH3 is 1. The van der Waals surface area contributed by atoms with Crippen LogP contribution in [0, 0.1) is 6.92 Å². The minimum Gasteiger partial charge on any atom is -0.496 e. The molecule has 0 saturated carbocycles. The summed E-state index contributed by atoms with van der Waals surface area (Å²) in [6.45, 7) is 11.9. The van der Waals surface area contributed by atoms with Crippen molar-refractivity contribution < 1.29 is 17.9 Å². The molecule has 198 valence electrons. The molecule has 0 radical (unpaired) electrons. The highest BCUT2D eigenvalue weighted by molar-refractivity contribution is 7.92. The van der Waals surface area contributed by atoms with E-state index in [0.29, 0.717) is 11.6 Å². The van der Waals surface area contributed by atoms with Gasteiger partial charge in [0.2, 0.25) is 5.91 Å². The van der Waals surface area contributed by atoms with Gasteiger partial charge in [0.15, 0.2) is 0 Å². The van der Waals surface area contributed by atoms with E-state index in [1.165, 1.54) is 4.31 Å². The van der Waals surface area contributed by atoms with E-state index in [0.717, 1.165) is 28.0 Å². The average Bonchev–Trinajstić information content (AvgIpc) is 2.87. The summed E-state index contributed by atoms with van der Waals surface area (Å²) in [5.41, 5.74) is 4.56.